The highest BCUT2D eigenvalue weighted by atomic mass is 16.4. The van der Waals surface area contributed by atoms with Crippen molar-refractivity contribution in [1.82, 2.24) is 5.32 Å². The summed E-state index contributed by atoms with van der Waals surface area (Å²) < 4.78 is 0. The summed E-state index contributed by atoms with van der Waals surface area (Å²) >= 11 is 0. The number of hydrogen-bond acceptors (Lipinski definition) is 3. The number of nitrogens with one attached hydrogen (secondary N) is 1. The summed E-state index contributed by atoms with van der Waals surface area (Å²) in [4.78, 5) is 0. The third-order valence-electron chi connectivity index (χ3n) is 1.55. The fourth-order valence-corrected chi connectivity index (χ4v) is 1.00. The number of hydrogen-bond donors (Lipinski definition) is 2. The van der Waals surface area contributed by atoms with Crippen LogP contribution in [-0.2, 0) is 0 Å². The summed E-state index contributed by atoms with van der Waals surface area (Å²) in [7, 11) is 0. The second-order valence-electron chi connectivity index (χ2n) is 2.27. The molecule has 0 aromatic heterocycles. The predicted octanol–water partition coefficient (Wildman–Crippen LogP) is 0.590. The second kappa shape index (κ2) is 3.45. The summed E-state index contributed by atoms with van der Waals surface area (Å²) in [6, 6.07) is 0. The largest absolute Gasteiger partial charge is 0.411 e. The molecule has 0 radical (unpaired) electrons. The van der Waals surface area contributed by atoms with Crippen molar-refractivity contribution in [2.45, 2.75) is 19.3 Å². The van der Waals surface area contributed by atoms with E-state index < -0.39 is 0 Å². The highest BCUT2D eigenvalue weighted by Crippen LogP contribution is 1.99. The van der Waals surface area contributed by atoms with Gasteiger partial charge in [-0.3, -0.25) is 0 Å². The number of rotatable bonds is 0. The maximum atomic E-state index is 8.38. The minimum absolute atomic E-state index is 0.899. The van der Waals surface area contributed by atoms with Crippen LogP contribution in [0.2, 0.25) is 0 Å². The maximum absolute atomic E-state index is 8.38. The van der Waals surface area contributed by atoms with E-state index in [2.05, 4.69) is 10.5 Å². The zero-order valence-electron chi connectivity index (χ0n) is 5.43. The van der Waals surface area contributed by atoms with Crippen molar-refractivity contribution in [1.29, 1.82) is 0 Å². The first kappa shape index (κ1) is 6.55. The first-order valence-corrected chi connectivity index (χ1v) is 3.34. The Kier molecular flexibility index (Phi) is 2.51. The molecule has 0 atom stereocenters. The smallest absolute Gasteiger partial charge is 0.0583 e. The van der Waals surface area contributed by atoms with Crippen molar-refractivity contribution in [3.63, 3.8) is 0 Å². The molecular formula is C6H12N2O. The van der Waals surface area contributed by atoms with E-state index in [9.17, 15) is 0 Å². The summed E-state index contributed by atoms with van der Waals surface area (Å²) in [5.41, 5.74) is 0.931. The van der Waals surface area contributed by atoms with Gasteiger partial charge < -0.3 is 10.5 Å². The number of oxime groups is 1. The minimum Gasteiger partial charge on any atom is -0.411 e. The molecule has 0 bridgehead atoms. The van der Waals surface area contributed by atoms with Gasteiger partial charge in [-0.2, -0.15) is 0 Å². The first-order valence-electron chi connectivity index (χ1n) is 3.34. The Hall–Kier alpha value is -0.570. The molecule has 52 valence electrons. The Balaban J connectivity index is 2.36. The van der Waals surface area contributed by atoms with Crippen LogP contribution in [0.15, 0.2) is 5.16 Å². The van der Waals surface area contributed by atoms with Crippen LogP contribution in [0.1, 0.15) is 19.3 Å². The van der Waals surface area contributed by atoms with Crippen LogP contribution in [0.5, 0.6) is 0 Å². The van der Waals surface area contributed by atoms with Gasteiger partial charge in [0, 0.05) is 13.0 Å². The topological polar surface area (TPSA) is 44.6 Å². The van der Waals surface area contributed by atoms with Gasteiger partial charge in [0.15, 0.2) is 0 Å². The fourth-order valence-electron chi connectivity index (χ4n) is 1.00. The SMILES string of the molecule is O/N=C1/CCCNCC1. The van der Waals surface area contributed by atoms with Crippen molar-refractivity contribution in [3.8, 4) is 0 Å². The molecule has 0 aromatic rings. The quantitative estimate of drug-likeness (QED) is 0.370. The van der Waals surface area contributed by atoms with E-state index in [-0.39, 0.29) is 0 Å². The van der Waals surface area contributed by atoms with Crippen molar-refractivity contribution in [2.24, 2.45) is 5.16 Å². The monoisotopic (exact) mass is 128 g/mol. The molecule has 1 aliphatic rings. The highest BCUT2D eigenvalue weighted by molar-refractivity contribution is 5.84. The molecule has 2 N–H and O–H groups in total. The molecule has 1 heterocycles. The molecule has 0 saturated carbocycles. The summed E-state index contributed by atoms with van der Waals surface area (Å²) in [6.07, 6.45) is 2.94. The summed E-state index contributed by atoms with van der Waals surface area (Å²) in [5.74, 6) is 0. The third kappa shape index (κ3) is 2.01. The predicted molar refractivity (Wildman–Crippen MR) is 35.9 cm³/mol. The molecule has 0 amide bonds. The van der Waals surface area contributed by atoms with Crippen LogP contribution in [0.4, 0.5) is 0 Å². The van der Waals surface area contributed by atoms with Gasteiger partial charge in [-0.15, -0.1) is 0 Å². The fraction of sp³-hybridized carbons (Fsp3) is 0.833. The summed E-state index contributed by atoms with van der Waals surface area (Å²) in [6.45, 7) is 2.01. The zero-order chi connectivity index (χ0) is 6.53. The second-order valence-corrected chi connectivity index (χ2v) is 2.27. The lowest BCUT2D eigenvalue weighted by Gasteiger charge is -1.93. The highest BCUT2D eigenvalue weighted by Gasteiger charge is 2.03. The van der Waals surface area contributed by atoms with Crippen LogP contribution in [0.25, 0.3) is 0 Å². The van der Waals surface area contributed by atoms with Gasteiger partial charge in [0.1, 0.15) is 0 Å². The molecule has 3 nitrogen and oxygen atoms in total. The molecule has 9 heavy (non-hydrogen) atoms. The van der Waals surface area contributed by atoms with Crippen LogP contribution >= 0.6 is 0 Å². The molecule has 3 heteroatoms. The van der Waals surface area contributed by atoms with Gasteiger partial charge in [-0.05, 0) is 19.4 Å². The van der Waals surface area contributed by atoms with Gasteiger partial charge >= 0.3 is 0 Å². The third-order valence-corrected chi connectivity index (χ3v) is 1.55. The Labute approximate surface area is 54.8 Å². The van der Waals surface area contributed by atoms with Gasteiger partial charge in [0.2, 0.25) is 0 Å². The summed E-state index contributed by atoms with van der Waals surface area (Å²) in [5, 5.41) is 14.8. The zero-order valence-corrected chi connectivity index (χ0v) is 5.43. The standard InChI is InChI=1S/C6H12N2O/c9-8-6-2-1-4-7-5-3-6/h7,9H,1-5H2/b8-6-. The van der Waals surface area contributed by atoms with Crippen LogP contribution in [0.3, 0.4) is 0 Å². The number of nitrogens with zero attached hydrogens (tertiary/aromatic N) is 1. The maximum Gasteiger partial charge on any atom is 0.0583 e. The lowest BCUT2D eigenvalue weighted by atomic mass is 10.2. The average Bonchev–Trinajstić information content (AvgIpc) is 2.13. The molecule has 0 unspecified atom stereocenters. The lowest BCUT2D eigenvalue weighted by molar-refractivity contribution is 0.316. The molecule has 1 fully saturated rings. The van der Waals surface area contributed by atoms with E-state index in [0.717, 1.165) is 38.1 Å². The van der Waals surface area contributed by atoms with Crippen molar-refractivity contribution in [3.05, 3.63) is 0 Å². The molecule has 1 saturated heterocycles. The van der Waals surface area contributed by atoms with Crippen molar-refractivity contribution in [2.75, 3.05) is 13.1 Å². The molecular weight excluding hydrogens is 116 g/mol. The molecule has 0 aliphatic carbocycles. The van der Waals surface area contributed by atoms with E-state index in [1.54, 1.807) is 0 Å². The van der Waals surface area contributed by atoms with Gasteiger partial charge in [0.05, 0.1) is 5.71 Å². The average molecular weight is 128 g/mol. The van der Waals surface area contributed by atoms with E-state index in [1.165, 1.54) is 0 Å². The van der Waals surface area contributed by atoms with Gasteiger partial charge in [0.25, 0.3) is 0 Å². The van der Waals surface area contributed by atoms with Crippen LogP contribution < -0.4 is 5.32 Å². The molecule has 0 spiro atoms. The van der Waals surface area contributed by atoms with Gasteiger partial charge in [-0.25, -0.2) is 0 Å². The molecule has 1 rings (SSSR count). The van der Waals surface area contributed by atoms with E-state index >= 15 is 0 Å². The van der Waals surface area contributed by atoms with Crippen LogP contribution in [0, 0.1) is 0 Å². The Morgan fingerprint density at radius 2 is 2.22 bits per heavy atom. The van der Waals surface area contributed by atoms with Crippen molar-refractivity contribution >= 4 is 5.71 Å². The Bertz CT molecular complexity index is 102. The van der Waals surface area contributed by atoms with Crippen molar-refractivity contribution < 1.29 is 5.21 Å². The van der Waals surface area contributed by atoms with E-state index in [0.29, 0.717) is 0 Å². The van der Waals surface area contributed by atoms with Gasteiger partial charge in [-0.1, -0.05) is 5.16 Å². The Morgan fingerprint density at radius 1 is 1.33 bits per heavy atom. The minimum atomic E-state index is 0.899. The molecule has 0 aromatic carbocycles. The van der Waals surface area contributed by atoms with E-state index in [1.807, 2.05) is 0 Å². The normalized spacial score (nSPS) is 26.0. The van der Waals surface area contributed by atoms with E-state index in [4.69, 9.17) is 5.21 Å². The first-order chi connectivity index (χ1) is 4.43. The molecule has 1 aliphatic heterocycles. The van der Waals surface area contributed by atoms with Crippen LogP contribution in [-0.4, -0.2) is 24.0 Å². The lowest BCUT2D eigenvalue weighted by Crippen LogP contribution is -2.13. The Morgan fingerprint density at radius 3 is 3.00 bits per heavy atom.